The van der Waals surface area contributed by atoms with Gasteiger partial charge in [-0.25, -0.2) is 0 Å². The molecule has 0 radical (unpaired) electrons. The Labute approximate surface area is 275 Å². The zero-order valence-corrected chi connectivity index (χ0v) is 29.1. The van der Waals surface area contributed by atoms with Gasteiger partial charge in [-0.1, -0.05) is 117 Å². The van der Waals surface area contributed by atoms with Crippen LogP contribution in [0.5, 0.6) is 0 Å². The second-order valence-electron chi connectivity index (χ2n) is 15.1. The second kappa shape index (κ2) is 14.8. The van der Waals surface area contributed by atoms with E-state index in [2.05, 4.69) is 6.92 Å². The maximum absolute atomic E-state index is 14.0. The van der Waals surface area contributed by atoms with Crippen LogP contribution in [0.25, 0.3) is 0 Å². The van der Waals surface area contributed by atoms with Crippen LogP contribution in [0.3, 0.4) is 0 Å². The number of unbranched alkanes of at least 4 members (excludes halogenated alkanes) is 12. The van der Waals surface area contributed by atoms with Gasteiger partial charge < -0.3 is 19.7 Å². The highest BCUT2D eigenvalue weighted by Gasteiger charge is 2.88. The molecule has 2 fully saturated rings. The standard InChI is InChI=1S/C38H58O8/c1-7-8-9-10-11-12-13-14-15-16-17-18-19-20-30(41)45-35-25(3)37(44)29-21-24(2)32(42)28(29)22-27(23-39)33(43)31(37)34-36(5,6)38(34,35)46-26(4)40/h21-22,25,28-29,31,34-35,39,44H,7-20,23H2,1-6H3/t25-,28?,29?,31?,34?,35-,37+,38-/m1/s1. The molecule has 2 N–H and O–H groups in total. The summed E-state index contributed by atoms with van der Waals surface area (Å²) >= 11 is 0. The van der Waals surface area contributed by atoms with Gasteiger partial charge in [-0.3, -0.25) is 19.2 Å². The van der Waals surface area contributed by atoms with Crippen molar-refractivity contribution in [2.45, 2.75) is 149 Å². The zero-order chi connectivity index (χ0) is 33.9. The van der Waals surface area contributed by atoms with Crippen LogP contribution < -0.4 is 0 Å². The van der Waals surface area contributed by atoms with E-state index in [4.69, 9.17) is 9.47 Å². The molecule has 0 aromatic carbocycles. The third kappa shape index (κ3) is 6.54. The number of hydrogen-bond donors (Lipinski definition) is 2. The van der Waals surface area contributed by atoms with Gasteiger partial charge in [0.05, 0.1) is 18.1 Å². The molecular weight excluding hydrogens is 584 g/mol. The molecule has 4 aliphatic rings. The Morgan fingerprint density at radius 1 is 0.870 bits per heavy atom. The average molecular weight is 643 g/mol. The minimum atomic E-state index is -1.77. The van der Waals surface area contributed by atoms with Crippen molar-refractivity contribution in [1.29, 1.82) is 0 Å². The quantitative estimate of drug-likeness (QED) is 0.134. The number of aliphatic hydroxyl groups is 2. The number of ether oxygens (including phenoxy) is 2. The highest BCUT2D eigenvalue weighted by molar-refractivity contribution is 6.05. The van der Waals surface area contributed by atoms with Gasteiger partial charge in [0.1, 0.15) is 6.10 Å². The summed E-state index contributed by atoms with van der Waals surface area (Å²) in [7, 11) is 0. The van der Waals surface area contributed by atoms with Crippen molar-refractivity contribution in [3.8, 4) is 0 Å². The summed E-state index contributed by atoms with van der Waals surface area (Å²) in [4.78, 5) is 53.2. The van der Waals surface area contributed by atoms with E-state index in [0.29, 0.717) is 12.0 Å². The van der Waals surface area contributed by atoms with Crippen molar-refractivity contribution in [3.63, 3.8) is 0 Å². The Kier molecular flexibility index (Phi) is 11.8. The Bertz CT molecular complexity index is 1210. The number of rotatable bonds is 17. The van der Waals surface area contributed by atoms with Crippen LogP contribution in [-0.2, 0) is 28.7 Å². The third-order valence-electron chi connectivity index (χ3n) is 11.8. The molecule has 0 spiro atoms. The van der Waals surface area contributed by atoms with Crippen molar-refractivity contribution in [2.75, 3.05) is 6.61 Å². The lowest BCUT2D eigenvalue weighted by Gasteiger charge is -2.51. The molecule has 8 atom stereocenters. The van der Waals surface area contributed by atoms with Crippen LogP contribution in [0.15, 0.2) is 23.3 Å². The van der Waals surface area contributed by atoms with Crippen LogP contribution in [0.4, 0.5) is 0 Å². The molecule has 4 unspecified atom stereocenters. The Morgan fingerprint density at radius 2 is 1.41 bits per heavy atom. The van der Waals surface area contributed by atoms with Crippen molar-refractivity contribution < 1.29 is 38.9 Å². The summed E-state index contributed by atoms with van der Waals surface area (Å²) in [6.45, 7) is 10.1. The highest BCUT2D eigenvalue weighted by Crippen LogP contribution is 2.76. The first kappa shape index (κ1) is 36.5. The molecule has 0 heterocycles. The topological polar surface area (TPSA) is 127 Å². The molecule has 4 rings (SSSR count). The van der Waals surface area contributed by atoms with E-state index in [1.807, 2.05) is 13.8 Å². The summed E-state index contributed by atoms with van der Waals surface area (Å²) in [5.41, 5.74) is -3.35. The predicted octanol–water partition coefficient (Wildman–Crippen LogP) is 6.60. The van der Waals surface area contributed by atoms with E-state index < -0.39 is 76.6 Å². The lowest BCUT2D eigenvalue weighted by atomic mass is 9.59. The number of ketones is 2. The summed E-state index contributed by atoms with van der Waals surface area (Å²) in [6, 6.07) is 0. The van der Waals surface area contributed by atoms with Gasteiger partial charge in [0, 0.05) is 48.0 Å². The Balaban J connectivity index is 1.43. The highest BCUT2D eigenvalue weighted by atomic mass is 16.6. The normalized spacial score (nSPS) is 34.1. The van der Waals surface area contributed by atoms with Crippen LogP contribution in [-0.4, -0.2) is 57.6 Å². The van der Waals surface area contributed by atoms with Crippen LogP contribution >= 0.6 is 0 Å². The van der Waals surface area contributed by atoms with Crippen LogP contribution in [0.2, 0.25) is 0 Å². The average Bonchev–Trinajstić information content (AvgIpc) is 3.36. The number of allylic oxidation sites excluding steroid dienone is 2. The van der Waals surface area contributed by atoms with E-state index in [0.717, 1.165) is 19.3 Å². The Hall–Kier alpha value is -2.32. The van der Waals surface area contributed by atoms with Gasteiger partial charge in [0.25, 0.3) is 0 Å². The summed E-state index contributed by atoms with van der Waals surface area (Å²) in [6.07, 6.45) is 18.0. The largest absolute Gasteiger partial charge is 0.458 e. The number of carbonyl (C=O) groups excluding carboxylic acids is 4. The number of fused-ring (bicyclic) bond motifs is 5. The zero-order valence-electron chi connectivity index (χ0n) is 29.1. The van der Waals surface area contributed by atoms with Crippen LogP contribution in [0, 0.1) is 35.0 Å². The van der Waals surface area contributed by atoms with Crippen molar-refractivity contribution in [3.05, 3.63) is 23.3 Å². The lowest BCUT2D eigenvalue weighted by molar-refractivity contribution is -0.222. The van der Waals surface area contributed by atoms with E-state index in [-0.39, 0.29) is 17.8 Å². The minimum Gasteiger partial charge on any atom is -0.458 e. The van der Waals surface area contributed by atoms with E-state index in [1.165, 1.54) is 70.8 Å². The first-order valence-electron chi connectivity index (χ1n) is 18.0. The second-order valence-corrected chi connectivity index (χ2v) is 15.1. The summed E-state index contributed by atoms with van der Waals surface area (Å²) < 4.78 is 12.2. The number of carbonyl (C=O) groups is 4. The fraction of sp³-hybridized carbons (Fsp3) is 0.789. The van der Waals surface area contributed by atoms with Gasteiger partial charge in [-0.15, -0.1) is 0 Å². The molecular formula is C38H58O8. The third-order valence-corrected chi connectivity index (χ3v) is 11.8. The molecule has 0 amide bonds. The lowest BCUT2D eigenvalue weighted by Crippen LogP contribution is -2.65. The first-order chi connectivity index (χ1) is 21.8. The van der Waals surface area contributed by atoms with Crippen molar-refractivity contribution >= 4 is 23.5 Å². The molecule has 0 saturated heterocycles. The fourth-order valence-corrected chi connectivity index (χ4v) is 9.32. The molecule has 4 aliphatic carbocycles. The van der Waals surface area contributed by atoms with Gasteiger partial charge in [0.2, 0.25) is 0 Å². The molecule has 0 aliphatic heterocycles. The van der Waals surface area contributed by atoms with E-state index >= 15 is 0 Å². The summed E-state index contributed by atoms with van der Waals surface area (Å²) in [5.74, 6) is -5.77. The summed E-state index contributed by atoms with van der Waals surface area (Å²) in [5, 5.41) is 22.9. The molecule has 46 heavy (non-hydrogen) atoms. The molecule has 258 valence electrons. The number of hydrogen-bond acceptors (Lipinski definition) is 8. The van der Waals surface area contributed by atoms with Crippen molar-refractivity contribution in [2.24, 2.45) is 35.0 Å². The van der Waals surface area contributed by atoms with Gasteiger partial charge >= 0.3 is 11.9 Å². The maximum atomic E-state index is 14.0. The number of Topliss-reactive ketones (excluding diaryl/α,β-unsaturated/α-hetero) is 2. The van der Waals surface area contributed by atoms with Gasteiger partial charge in [-0.2, -0.15) is 0 Å². The van der Waals surface area contributed by atoms with Gasteiger partial charge in [0.15, 0.2) is 17.2 Å². The van der Waals surface area contributed by atoms with E-state index in [1.54, 1.807) is 19.9 Å². The molecule has 0 aromatic heterocycles. The first-order valence-corrected chi connectivity index (χ1v) is 18.0. The monoisotopic (exact) mass is 642 g/mol. The van der Waals surface area contributed by atoms with Crippen molar-refractivity contribution in [1.82, 2.24) is 0 Å². The molecule has 2 saturated carbocycles. The van der Waals surface area contributed by atoms with E-state index in [9.17, 15) is 29.4 Å². The number of esters is 2. The number of aliphatic hydroxyl groups excluding tert-OH is 1. The minimum absolute atomic E-state index is 0.0804. The van der Waals surface area contributed by atoms with Crippen LogP contribution in [0.1, 0.15) is 131 Å². The fourth-order valence-electron chi connectivity index (χ4n) is 9.32. The maximum Gasteiger partial charge on any atom is 0.306 e. The molecule has 8 heteroatoms. The molecule has 8 nitrogen and oxygen atoms in total. The molecule has 0 bridgehead atoms. The smallest absolute Gasteiger partial charge is 0.306 e. The SMILES string of the molecule is CCCCCCCCCCCCCCCC(=O)O[C@@H]1[C@@H](C)[C@]2(O)C3C=C(C)C(=O)C3C=C(CO)C(=O)C2C2C(C)(C)[C@@]21OC(C)=O. The molecule has 0 aromatic rings. The Morgan fingerprint density at radius 3 is 1.93 bits per heavy atom. The predicted molar refractivity (Wildman–Crippen MR) is 175 cm³/mol. The van der Waals surface area contributed by atoms with Gasteiger partial charge in [-0.05, 0) is 18.9 Å².